The van der Waals surface area contributed by atoms with Crippen LogP contribution in [-0.4, -0.2) is 71.4 Å². The molecule has 2 heterocycles. The van der Waals surface area contributed by atoms with Gasteiger partial charge in [0, 0.05) is 36.9 Å². The summed E-state index contributed by atoms with van der Waals surface area (Å²) in [6.07, 6.45) is 5.56. The molecule has 1 atom stereocenters. The van der Waals surface area contributed by atoms with Gasteiger partial charge in [-0.05, 0) is 45.2 Å². The molecule has 0 bridgehead atoms. The van der Waals surface area contributed by atoms with Crippen molar-refractivity contribution in [3.05, 3.63) is 17.0 Å². The first kappa shape index (κ1) is 20.3. The van der Waals surface area contributed by atoms with Crippen LogP contribution in [0.2, 0.25) is 0 Å². The zero-order valence-electron chi connectivity index (χ0n) is 17.5. The molecule has 6 heteroatoms. The topological polar surface area (TPSA) is 50.6 Å². The van der Waals surface area contributed by atoms with Crippen LogP contribution in [0.25, 0.3) is 0 Å². The summed E-state index contributed by atoms with van der Waals surface area (Å²) < 4.78 is 7.54. The Labute approximate surface area is 163 Å². The number of ether oxygens (including phenoxy) is 1. The molecule has 1 saturated heterocycles. The Balaban J connectivity index is 1.85. The molecule has 2 aliphatic rings. The number of hydrogen-bond acceptors (Lipinski definition) is 4. The first-order chi connectivity index (χ1) is 13.0. The number of nitrogens with zero attached hydrogens (tertiary/aromatic N) is 4. The van der Waals surface area contributed by atoms with Gasteiger partial charge in [0.1, 0.15) is 0 Å². The van der Waals surface area contributed by atoms with E-state index in [-0.39, 0.29) is 5.91 Å². The van der Waals surface area contributed by atoms with Gasteiger partial charge in [0.25, 0.3) is 5.91 Å². The molecule has 0 radical (unpaired) electrons. The summed E-state index contributed by atoms with van der Waals surface area (Å²) in [4.78, 5) is 17.6. The molecule has 6 nitrogen and oxygen atoms in total. The average molecular weight is 377 g/mol. The molecule has 1 aliphatic carbocycles. The van der Waals surface area contributed by atoms with Crippen LogP contribution in [0.1, 0.15) is 61.8 Å². The molecule has 1 aromatic heterocycles. The molecule has 3 rings (SSSR count). The van der Waals surface area contributed by atoms with Gasteiger partial charge >= 0.3 is 0 Å². The molecule has 1 amide bonds. The molecule has 0 N–H and O–H groups in total. The molecule has 1 fully saturated rings. The Morgan fingerprint density at radius 2 is 2.07 bits per heavy atom. The van der Waals surface area contributed by atoms with E-state index in [4.69, 9.17) is 9.84 Å². The van der Waals surface area contributed by atoms with Crippen LogP contribution < -0.4 is 0 Å². The number of hydrogen-bond donors (Lipinski definition) is 0. The van der Waals surface area contributed by atoms with Gasteiger partial charge in [0.05, 0.1) is 13.2 Å². The quantitative estimate of drug-likeness (QED) is 0.734. The van der Waals surface area contributed by atoms with E-state index in [1.807, 2.05) is 4.90 Å². The van der Waals surface area contributed by atoms with Gasteiger partial charge in [-0.15, -0.1) is 0 Å². The molecule has 1 aromatic rings. The Hall–Kier alpha value is -1.40. The number of carbonyl (C=O) groups is 1. The fraction of sp³-hybridized carbons (Fsp3) is 0.810. The fourth-order valence-corrected chi connectivity index (χ4v) is 4.22. The van der Waals surface area contributed by atoms with Crippen LogP contribution >= 0.6 is 0 Å². The minimum absolute atomic E-state index is 0.0916. The molecule has 152 valence electrons. The smallest absolute Gasteiger partial charge is 0.274 e. The minimum atomic E-state index is 0.0916. The lowest BCUT2D eigenvalue weighted by Crippen LogP contribution is -2.42. The van der Waals surface area contributed by atoms with Crippen LogP contribution in [0.15, 0.2) is 0 Å². The predicted molar refractivity (Wildman–Crippen MR) is 107 cm³/mol. The van der Waals surface area contributed by atoms with Crippen molar-refractivity contribution in [2.45, 2.75) is 65.5 Å². The Morgan fingerprint density at radius 1 is 1.33 bits per heavy atom. The largest absolute Gasteiger partial charge is 0.378 e. The average Bonchev–Trinajstić information content (AvgIpc) is 3.03. The van der Waals surface area contributed by atoms with Crippen LogP contribution in [0.4, 0.5) is 0 Å². The van der Waals surface area contributed by atoms with Crippen molar-refractivity contribution in [3.63, 3.8) is 0 Å². The van der Waals surface area contributed by atoms with Crippen LogP contribution in [0.5, 0.6) is 0 Å². The highest BCUT2D eigenvalue weighted by Crippen LogP contribution is 2.29. The summed E-state index contributed by atoms with van der Waals surface area (Å²) in [5.41, 5.74) is 3.19. The number of fused-ring (bicyclic) bond motifs is 1. The van der Waals surface area contributed by atoms with E-state index in [1.54, 1.807) is 0 Å². The standard InChI is InChI=1S/C21H36N4O2/c1-5-6-9-23(4)17-7-8-19-18(14-17)20(22-25(19)15-16(2)3)21(26)24-10-12-27-13-11-24/h16-17H,5-15H2,1-4H3/t17-/m1/s1. The maximum absolute atomic E-state index is 13.2. The normalized spacial score (nSPS) is 20.4. The van der Waals surface area contributed by atoms with Gasteiger partial charge in [-0.25, -0.2) is 0 Å². The third-order valence-electron chi connectivity index (χ3n) is 5.85. The third kappa shape index (κ3) is 4.72. The number of unbranched alkanes of at least 4 members (excludes halogenated alkanes) is 1. The number of morpholine rings is 1. The molecule has 1 aliphatic heterocycles. The van der Waals surface area contributed by atoms with Crippen molar-refractivity contribution in [1.29, 1.82) is 0 Å². The first-order valence-corrected chi connectivity index (χ1v) is 10.7. The van der Waals surface area contributed by atoms with E-state index in [0.29, 0.717) is 44.0 Å². The van der Waals surface area contributed by atoms with Gasteiger partial charge in [0.2, 0.25) is 0 Å². The summed E-state index contributed by atoms with van der Waals surface area (Å²) >= 11 is 0. The summed E-state index contributed by atoms with van der Waals surface area (Å²) in [5.74, 6) is 0.610. The van der Waals surface area contributed by atoms with Crippen molar-refractivity contribution in [1.82, 2.24) is 19.6 Å². The second-order valence-electron chi connectivity index (χ2n) is 8.49. The maximum atomic E-state index is 13.2. The molecule has 0 unspecified atom stereocenters. The maximum Gasteiger partial charge on any atom is 0.274 e. The summed E-state index contributed by atoms with van der Waals surface area (Å²) in [7, 11) is 2.23. The SMILES string of the molecule is CCCCN(C)[C@@H]1CCc2c(c(C(=O)N3CCOCC3)nn2CC(C)C)C1. The Morgan fingerprint density at radius 3 is 2.74 bits per heavy atom. The van der Waals surface area contributed by atoms with Crippen molar-refractivity contribution < 1.29 is 9.53 Å². The van der Waals surface area contributed by atoms with Crippen molar-refractivity contribution in [2.75, 3.05) is 39.9 Å². The fourth-order valence-electron chi connectivity index (χ4n) is 4.22. The van der Waals surface area contributed by atoms with Crippen molar-refractivity contribution in [2.24, 2.45) is 5.92 Å². The summed E-state index contributed by atoms with van der Waals surface area (Å²) in [6.45, 7) is 11.3. The summed E-state index contributed by atoms with van der Waals surface area (Å²) in [6, 6.07) is 0.511. The van der Waals surface area contributed by atoms with E-state index < -0.39 is 0 Å². The van der Waals surface area contributed by atoms with Gasteiger partial charge in [-0.1, -0.05) is 27.2 Å². The highest BCUT2D eigenvalue weighted by molar-refractivity contribution is 5.94. The first-order valence-electron chi connectivity index (χ1n) is 10.7. The monoisotopic (exact) mass is 376 g/mol. The zero-order valence-corrected chi connectivity index (χ0v) is 17.5. The second kappa shape index (κ2) is 9.20. The predicted octanol–water partition coefficient (Wildman–Crippen LogP) is 2.60. The van der Waals surface area contributed by atoms with E-state index >= 15 is 0 Å². The van der Waals surface area contributed by atoms with Gasteiger partial charge in [0.15, 0.2) is 5.69 Å². The third-order valence-corrected chi connectivity index (χ3v) is 5.85. The minimum Gasteiger partial charge on any atom is -0.378 e. The van der Waals surface area contributed by atoms with Crippen LogP contribution in [0.3, 0.4) is 0 Å². The molecular weight excluding hydrogens is 340 g/mol. The van der Waals surface area contributed by atoms with E-state index in [2.05, 4.69) is 37.4 Å². The van der Waals surface area contributed by atoms with E-state index in [0.717, 1.165) is 32.4 Å². The lowest BCUT2D eigenvalue weighted by Gasteiger charge is -2.32. The van der Waals surface area contributed by atoms with Gasteiger partial charge in [-0.2, -0.15) is 5.10 Å². The Kier molecular flexibility index (Phi) is 6.93. The molecule has 0 aromatic carbocycles. The van der Waals surface area contributed by atoms with Crippen molar-refractivity contribution in [3.8, 4) is 0 Å². The van der Waals surface area contributed by atoms with E-state index in [9.17, 15) is 4.79 Å². The van der Waals surface area contributed by atoms with Crippen LogP contribution in [0, 0.1) is 5.92 Å². The molecule has 0 saturated carbocycles. The lowest BCUT2D eigenvalue weighted by molar-refractivity contribution is 0.0297. The highest BCUT2D eigenvalue weighted by Gasteiger charge is 2.32. The molecule has 0 spiro atoms. The molecular formula is C21H36N4O2. The second-order valence-corrected chi connectivity index (χ2v) is 8.49. The van der Waals surface area contributed by atoms with E-state index in [1.165, 1.54) is 24.1 Å². The summed E-state index contributed by atoms with van der Waals surface area (Å²) in [5, 5.41) is 4.83. The number of likely N-dealkylation sites (N-methyl/N-ethyl adjacent to an activating group) is 1. The van der Waals surface area contributed by atoms with Gasteiger partial charge in [-0.3, -0.25) is 9.48 Å². The number of carbonyl (C=O) groups excluding carboxylic acids is 1. The number of rotatable bonds is 7. The Bertz CT molecular complexity index is 634. The van der Waals surface area contributed by atoms with Gasteiger partial charge < -0.3 is 14.5 Å². The molecule has 27 heavy (non-hydrogen) atoms. The number of amides is 1. The number of aromatic nitrogens is 2. The zero-order chi connectivity index (χ0) is 19.4. The van der Waals surface area contributed by atoms with Crippen molar-refractivity contribution >= 4 is 5.91 Å². The lowest BCUT2D eigenvalue weighted by atomic mass is 9.90. The highest BCUT2D eigenvalue weighted by atomic mass is 16.5. The van der Waals surface area contributed by atoms with Crippen LogP contribution in [-0.2, 0) is 24.1 Å².